The molecule has 1 N–H and O–H groups in total. The van der Waals surface area contributed by atoms with Gasteiger partial charge in [-0.05, 0) is 24.4 Å². The van der Waals surface area contributed by atoms with Gasteiger partial charge in [0, 0.05) is 6.61 Å². The van der Waals surface area contributed by atoms with Crippen molar-refractivity contribution in [1.29, 1.82) is 0 Å². The third-order valence-electron chi connectivity index (χ3n) is 3.44. The molecule has 0 aliphatic carbocycles. The Balaban J connectivity index is 2.55. The lowest BCUT2D eigenvalue weighted by molar-refractivity contribution is -0.0351. The van der Waals surface area contributed by atoms with Crippen LogP contribution in [0.25, 0.3) is 0 Å². The number of benzene rings is 1. The molecule has 1 aromatic carbocycles. The number of hydrogen-bond acceptors (Lipinski definition) is 3. The standard InChI is InChI=1S/C18H31NO2/c1-14(2)13-20-11-12-21-18(15(3)4)17(19-5)16-9-7-6-8-10-16/h6-10,14-15,17-19H,11-13H2,1-5H3. The maximum atomic E-state index is 6.11. The molecule has 0 radical (unpaired) electrons. The van der Waals surface area contributed by atoms with Crippen LogP contribution in [0.15, 0.2) is 30.3 Å². The number of nitrogens with one attached hydrogen (secondary N) is 1. The monoisotopic (exact) mass is 293 g/mol. The molecule has 0 saturated heterocycles. The van der Waals surface area contributed by atoms with Gasteiger partial charge in [0.25, 0.3) is 0 Å². The van der Waals surface area contributed by atoms with E-state index in [0.717, 1.165) is 6.61 Å². The molecule has 0 aliphatic heterocycles. The Morgan fingerprint density at radius 2 is 1.67 bits per heavy atom. The van der Waals surface area contributed by atoms with Gasteiger partial charge in [-0.25, -0.2) is 0 Å². The van der Waals surface area contributed by atoms with Crippen molar-refractivity contribution in [2.24, 2.45) is 11.8 Å². The van der Waals surface area contributed by atoms with Gasteiger partial charge >= 0.3 is 0 Å². The normalized spacial score (nSPS) is 14.6. The van der Waals surface area contributed by atoms with Gasteiger partial charge in [-0.3, -0.25) is 0 Å². The molecular formula is C18H31NO2. The first-order valence-corrected chi connectivity index (χ1v) is 7.97. The zero-order chi connectivity index (χ0) is 15.7. The minimum absolute atomic E-state index is 0.139. The van der Waals surface area contributed by atoms with E-state index < -0.39 is 0 Å². The summed E-state index contributed by atoms with van der Waals surface area (Å²) in [6, 6.07) is 10.7. The highest BCUT2D eigenvalue weighted by molar-refractivity contribution is 5.20. The molecule has 0 aromatic heterocycles. The fraction of sp³-hybridized carbons (Fsp3) is 0.667. The Bertz CT molecular complexity index is 365. The van der Waals surface area contributed by atoms with Crippen LogP contribution in [0.5, 0.6) is 0 Å². The van der Waals surface area contributed by atoms with Crippen LogP contribution in [-0.4, -0.2) is 33.0 Å². The number of likely N-dealkylation sites (N-methyl/N-ethyl adjacent to an activating group) is 1. The summed E-state index contributed by atoms with van der Waals surface area (Å²) in [5, 5.41) is 3.39. The molecule has 0 bridgehead atoms. The highest BCUT2D eigenvalue weighted by Gasteiger charge is 2.25. The Labute approximate surface area is 130 Å². The topological polar surface area (TPSA) is 30.5 Å². The predicted molar refractivity (Wildman–Crippen MR) is 88.5 cm³/mol. The minimum Gasteiger partial charge on any atom is -0.379 e. The summed E-state index contributed by atoms with van der Waals surface area (Å²) in [5.74, 6) is 1.01. The van der Waals surface area contributed by atoms with Crippen molar-refractivity contribution in [2.75, 3.05) is 26.9 Å². The molecule has 0 fully saturated rings. The van der Waals surface area contributed by atoms with E-state index in [1.807, 2.05) is 13.1 Å². The summed E-state index contributed by atoms with van der Waals surface area (Å²) in [5.41, 5.74) is 1.27. The summed E-state index contributed by atoms with van der Waals surface area (Å²) in [7, 11) is 1.99. The van der Waals surface area contributed by atoms with E-state index in [4.69, 9.17) is 9.47 Å². The van der Waals surface area contributed by atoms with Crippen molar-refractivity contribution in [3.63, 3.8) is 0 Å². The van der Waals surface area contributed by atoms with Crippen LogP contribution in [0.1, 0.15) is 39.3 Å². The predicted octanol–water partition coefficient (Wildman–Crippen LogP) is 3.66. The van der Waals surface area contributed by atoms with Crippen molar-refractivity contribution in [1.82, 2.24) is 5.32 Å². The molecule has 0 spiro atoms. The lowest BCUT2D eigenvalue weighted by atomic mass is 9.93. The second-order valence-corrected chi connectivity index (χ2v) is 6.23. The van der Waals surface area contributed by atoms with Crippen LogP contribution < -0.4 is 5.32 Å². The second kappa shape index (κ2) is 9.93. The first-order chi connectivity index (χ1) is 10.1. The maximum absolute atomic E-state index is 6.11. The average molecular weight is 293 g/mol. The lowest BCUT2D eigenvalue weighted by Crippen LogP contribution is -2.36. The molecule has 3 heteroatoms. The van der Waals surface area contributed by atoms with E-state index >= 15 is 0 Å². The van der Waals surface area contributed by atoms with E-state index in [1.54, 1.807) is 0 Å². The van der Waals surface area contributed by atoms with Gasteiger partial charge in [-0.2, -0.15) is 0 Å². The van der Waals surface area contributed by atoms with Crippen LogP contribution in [0.3, 0.4) is 0 Å². The van der Waals surface area contributed by atoms with Crippen molar-refractivity contribution >= 4 is 0 Å². The molecule has 1 rings (SSSR count). The molecule has 0 heterocycles. The molecule has 1 aromatic rings. The summed E-state index contributed by atoms with van der Waals surface area (Å²) >= 11 is 0. The molecule has 0 aliphatic rings. The first kappa shape index (κ1) is 18.1. The van der Waals surface area contributed by atoms with Crippen molar-refractivity contribution in [3.05, 3.63) is 35.9 Å². The fourth-order valence-electron chi connectivity index (χ4n) is 2.42. The van der Waals surface area contributed by atoms with Gasteiger partial charge in [-0.15, -0.1) is 0 Å². The third kappa shape index (κ3) is 6.60. The lowest BCUT2D eigenvalue weighted by Gasteiger charge is -2.30. The highest BCUT2D eigenvalue weighted by atomic mass is 16.5. The van der Waals surface area contributed by atoms with Gasteiger partial charge in [-0.1, -0.05) is 58.0 Å². The van der Waals surface area contributed by atoms with Crippen LogP contribution in [0.2, 0.25) is 0 Å². The van der Waals surface area contributed by atoms with E-state index in [9.17, 15) is 0 Å². The van der Waals surface area contributed by atoms with Gasteiger partial charge < -0.3 is 14.8 Å². The van der Waals surface area contributed by atoms with Gasteiger partial charge in [0.05, 0.1) is 25.4 Å². The summed E-state index contributed by atoms with van der Waals surface area (Å²) in [6.07, 6.45) is 0.139. The summed E-state index contributed by atoms with van der Waals surface area (Å²) < 4.78 is 11.7. The van der Waals surface area contributed by atoms with Crippen LogP contribution in [-0.2, 0) is 9.47 Å². The Morgan fingerprint density at radius 1 is 1.00 bits per heavy atom. The number of ether oxygens (including phenoxy) is 2. The molecular weight excluding hydrogens is 262 g/mol. The van der Waals surface area contributed by atoms with Gasteiger partial charge in [0.2, 0.25) is 0 Å². The largest absolute Gasteiger partial charge is 0.379 e. The van der Waals surface area contributed by atoms with Crippen LogP contribution >= 0.6 is 0 Å². The average Bonchev–Trinajstić information content (AvgIpc) is 2.46. The van der Waals surface area contributed by atoms with Gasteiger partial charge in [0.15, 0.2) is 0 Å². The Kier molecular flexibility index (Phi) is 8.58. The van der Waals surface area contributed by atoms with Crippen LogP contribution in [0, 0.1) is 11.8 Å². The Morgan fingerprint density at radius 3 is 2.19 bits per heavy atom. The zero-order valence-electron chi connectivity index (χ0n) is 14.1. The fourth-order valence-corrected chi connectivity index (χ4v) is 2.42. The van der Waals surface area contributed by atoms with E-state index in [0.29, 0.717) is 25.0 Å². The molecule has 120 valence electrons. The Hall–Kier alpha value is -0.900. The van der Waals surface area contributed by atoms with E-state index in [2.05, 4.69) is 57.3 Å². The summed E-state index contributed by atoms with van der Waals surface area (Å²) in [6.45, 7) is 10.8. The summed E-state index contributed by atoms with van der Waals surface area (Å²) in [4.78, 5) is 0. The minimum atomic E-state index is 0.139. The molecule has 2 unspecified atom stereocenters. The zero-order valence-corrected chi connectivity index (χ0v) is 14.1. The molecule has 3 nitrogen and oxygen atoms in total. The molecule has 0 amide bonds. The van der Waals surface area contributed by atoms with Crippen molar-refractivity contribution < 1.29 is 9.47 Å². The van der Waals surface area contributed by atoms with E-state index in [1.165, 1.54) is 5.56 Å². The number of rotatable bonds is 10. The maximum Gasteiger partial charge on any atom is 0.0793 e. The van der Waals surface area contributed by atoms with Crippen molar-refractivity contribution in [2.45, 2.75) is 39.8 Å². The van der Waals surface area contributed by atoms with Crippen molar-refractivity contribution in [3.8, 4) is 0 Å². The highest BCUT2D eigenvalue weighted by Crippen LogP contribution is 2.24. The van der Waals surface area contributed by atoms with E-state index in [-0.39, 0.29) is 12.1 Å². The number of hydrogen-bond donors (Lipinski definition) is 1. The first-order valence-electron chi connectivity index (χ1n) is 7.97. The van der Waals surface area contributed by atoms with Crippen LogP contribution in [0.4, 0.5) is 0 Å². The quantitative estimate of drug-likeness (QED) is 0.668. The molecule has 21 heavy (non-hydrogen) atoms. The SMILES string of the molecule is CNC(c1ccccc1)C(OCCOCC(C)C)C(C)C. The van der Waals surface area contributed by atoms with Gasteiger partial charge in [0.1, 0.15) is 0 Å². The molecule has 0 saturated carbocycles. The molecule has 2 atom stereocenters. The smallest absolute Gasteiger partial charge is 0.0793 e. The third-order valence-corrected chi connectivity index (χ3v) is 3.44. The second-order valence-electron chi connectivity index (χ2n) is 6.23.